The number of likely N-dealkylation sites (tertiary alicyclic amines) is 1. The molecule has 7 nitrogen and oxygen atoms in total. The van der Waals surface area contributed by atoms with Gasteiger partial charge in [0.15, 0.2) is 5.65 Å². The summed E-state index contributed by atoms with van der Waals surface area (Å²) < 4.78 is 11.1. The molecule has 1 amide bonds. The summed E-state index contributed by atoms with van der Waals surface area (Å²) in [6.45, 7) is 10.2. The molecule has 3 aromatic rings. The molecule has 0 radical (unpaired) electrons. The molecule has 1 fully saturated rings. The minimum atomic E-state index is -1.27. The molecule has 0 bridgehead atoms. The number of nitrogens with zero attached hydrogens (tertiary/aromatic N) is 3. The Morgan fingerprint density at radius 1 is 1.12 bits per heavy atom. The van der Waals surface area contributed by atoms with Crippen LogP contribution in [0.1, 0.15) is 50.4 Å². The van der Waals surface area contributed by atoms with Crippen LogP contribution in [-0.4, -0.2) is 51.9 Å². The average Bonchev–Trinajstić information content (AvgIpc) is 2.76. The van der Waals surface area contributed by atoms with E-state index >= 15 is 0 Å². The van der Waals surface area contributed by atoms with E-state index in [2.05, 4.69) is 6.07 Å². The molecule has 1 N–H and O–H groups in total. The molecule has 2 aromatic heterocycles. The highest BCUT2D eigenvalue weighted by Crippen LogP contribution is 2.35. The molecule has 1 aliphatic rings. The third-order valence-electron chi connectivity index (χ3n) is 6.07. The maximum Gasteiger partial charge on any atom is 0.410 e. The maximum atomic E-state index is 12.6. The number of aromatic nitrogens is 2. The third kappa shape index (κ3) is 4.85. The molecule has 1 saturated heterocycles. The van der Waals surface area contributed by atoms with E-state index in [9.17, 15) is 9.90 Å². The molecule has 1 aliphatic heterocycles. The van der Waals surface area contributed by atoms with Gasteiger partial charge < -0.3 is 19.5 Å². The first-order valence-corrected chi connectivity index (χ1v) is 11.6. The fourth-order valence-electron chi connectivity index (χ4n) is 4.54. The van der Waals surface area contributed by atoms with Gasteiger partial charge in [0, 0.05) is 17.5 Å². The molecule has 34 heavy (non-hydrogen) atoms. The average molecular weight is 464 g/mol. The van der Waals surface area contributed by atoms with Crippen LogP contribution in [0.15, 0.2) is 36.4 Å². The van der Waals surface area contributed by atoms with Gasteiger partial charge in [0.1, 0.15) is 17.0 Å². The van der Waals surface area contributed by atoms with E-state index < -0.39 is 17.3 Å². The topological polar surface area (TPSA) is 84.8 Å². The molecule has 180 valence electrons. The van der Waals surface area contributed by atoms with E-state index in [1.54, 1.807) is 12.0 Å². The van der Waals surface area contributed by atoms with Crippen LogP contribution in [0.4, 0.5) is 4.79 Å². The summed E-state index contributed by atoms with van der Waals surface area (Å²) in [5.74, 6) is 0.763. The van der Waals surface area contributed by atoms with Crippen molar-refractivity contribution >= 4 is 17.1 Å². The Kier molecular flexibility index (Phi) is 6.25. The predicted molar refractivity (Wildman–Crippen MR) is 132 cm³/mol. The Labute approximate surface area is 200 Å². The summed E-state index contributed by atoms with van der Waals surface area (Å²) >= 11 is 0. The summed E-state index contributed by atoms with van der Waals surface area (Å²) in [5.41, 5.74) is 3.06. The van der Waals surface area contributed by atoms with Gasteiger partial charge in [-0.25, -0.2) is 14.8 Å². The van der Waals surface area contributed by atoms with Crippen molar-refractivity contribution < 1.29 is 19.4 Å². The predicted octanol–water partition coefficient (Wildman–Crippen LogP) is 5.14. The van der Waals surface area contributed by atoms with Crippen molar-refractivity contribution in [1.82, 2.24) is 14.9 Å². The second-order valence-corrected chi connectivity index (χ2v) is 10.1. The van der Waals surface area contributed by atoms with Crippen LogP contribution in [0.5, 0.6) is 5.75 Å². The van der Waals surface area contributed by atoms with Crippen molar-refractivity contribution in [3.05, 3.63) is 53.2 Å². The molecule has 1 aromatic carbocycles. The smallest absolute Gasteiger partial charge is 0.410 e. The summed E-state index contributed by atoms with van der Waals surface area (Å²) in [7, 11) is 1.66. The highest BCUT2D eigenvalue weighted by molar-refractivity contribution is 5.81. The summed E-state index contributed by atoms with van der Waals surface area (Å²) in [6, 6.07) is 11.8. The van der Waals surface area contributed by atoms with Gasteiger partial charge in [-0.1, -0.05) is 6.07 Å². The summed E-state index contributed by atoms with van der Waals surface area (Å²) in [4.78, 5) is 23.7. The normalized spacial score (nSPS) is 18.7. The van der Waals surface area contributed by atoms with E-state index in [0.29, 0.717) is 30.7 Å². The van der Waals surface area contributed by atoms with Crippen molar-refractivity contribution in [2.75, 3.05) is 20.2 Å². The largest absolute Gasteiger partial charge is 0.496 e. The Morgan fingerprint density at radius 3 is 2.56 bits per heavy atom. The van der Waals surface area contributed by atoms with E-state index in [-0.39, 0.29) is 6.54 Å². The lowest BCUT2D eigenvalue weighted by Crippen LogP contribution is -2.50. The van der Waals surface area contributed by atoms with Crippen molar-refractivity contribution in [2.24, 2.45) is 0 Å². The van der Waals surface area contributed by atoms with Crippen LogP contribution in [-0.2, 0) is 10.3 Å². The van der Waals surface area contributed by atoms with Crippen LogP contribution < -0.4 is 4.74 Å². The number of aliphatic hydroxyl groups is 1. The number of hydrogen-bond acceptors (Lipinski definition) is 6. The first-order chi connectivity index (χ1) is 16.0. The highest BCUT2D eigenvalue weighted by Gasteiger charge is 2.39. The molecular weight excluding hydrogens is 430 g/mol. The van der Waals surface area contributed by atoms with Crippen molar-refractivity contribution in [3.8, 4) is 17.0 Å². The molecule has 1 unspecified atom stereocenters. The summed E-state index contributed by atoms with van der Waals surface area (Å²) in [5, 5.41) is 12.4. The number of amides is 1. The number of benzene rings is 1. The summed E-state index contributed by atoms with van der Waals surface area (Å²) in [6.07, 6.45) is 0.742. The molecular formula is C27H33N3O4. The highest BCUT2D eigenvalue weighted by atomic mass is 16.6. The van der Waals surface area contributed by atoms with Crippen LogP contribution in [0.3, 0.4) is 0 Å². The maximum absolute atomic E-state index is 12.6. The lowest BCUT2D eigenvalue weighted by atomic mass is 9.89. The first kappa shape index (κ1) is 24.0. The SMILES string of the molecule is COc1cc(C)cc(C)c1-c1ccc2ccc(C3(O)CCCN(C(=O)OC(C)(C)C)C3)nc2n1. The zero-order valence-electron chi connectivity index (χ0n) is 20.8. The fraction of sp³-hybridized carbons (Fsp3) is 0.444. The van der Waals surface area contributed by atoms with E-state index in [0.717, 1.165) is 33.5 Å². The number of carbonyl (C=O) groups is 1. The first-order valence-electron chi connectivity index (χ1n) is 11.6. The molecule has 4 rings (SSSR count). The second kappa shape index (κ2) is 8.87. The van der Waals surface area contributed by atoms with Gasteiger partial charge in [0.2, 0.25) is 0 Å². The minimum Gasteiger partial charge on any atom is -0.496 e. The van der Waals surface area contributed by atoms with Crippen molar-refractivity contribution in [2.45, 2.75) is 58.7 Å². The Hall–Kier alpha value is -3.19. The molecule has 3 heterocycles. The second-order valence-electron chi connectivity index (χ2n) is 10.1. The number of ether oxygens (including phenoxy) is 2. The number of aryl methyl sites for hydroxylation is 2. The zero-order valence-corrected chi connectivity index (χ0v) is 20.8. The number of fused-ring (bicyclic) bond motifs is 1. The van der Waals surface area contributed by atoms with Gasteiger partial charge in [0.25, 0.3) is 0 Å². The Bertz CT molecular complexity index is 1230. The molecule has 1 atom stereocenters. The standard InChI is InChI=1S/C27H33N3O4/c1-17-14-18(2)23(21(15-17)33-6)20-10-8-19-9-11-22(29-24(19)28-20)27(32)12-7-13-30(16-27)25(31)34-26(3,4)5/h8-11,14-15,32H,7,12-13,16H2,1-6H3. The molecule has 7 heteroatoms. The van der Waals surface area contributed by atoms with Gasteiger partial charge in [-0.05, 0) is 88.9 Å². The van der Waals surface area contributed by atoms with Crippen LogP contribution in [0.2, 0.25) is 0 Å². The minimum absolute atomic E-state index is 0.130. The van der Waals surface area contributed by atoms with Crippen LogP contribution in [0, 0.1) is 13.8 Å². The van der Waals surface area contributed by atoms with Gasteiger partial charge in [-0.3, -0.25) is 0 Å². The van der Waals surface area contributed by atoms with Crippen molar-refractivity contribution in [3.63, 3.8) is 0 Å². The van der Waals surface area contributed by atoms with Gasteiger partial charge in [-0.2, -0.15) is 0 Å². The van der Waals surface area contributed by atoms with Gasteiger partial charge in [0.05, 0.1) is 25.0 Å². The molecule has 0 saturated carbocycles. The van der Waals surface area contributed by atoms with Gasteiger partial charge in [-0.15, -0.1) is 0 Å². The van der Waals surface area contributed by atoms with Gasteiger partial charge >= 0.3 is 6.09 Å². The fourth-order valence-corrected chi connectivity index (χ4v) is 4.54. The van der Waals surface area contributed by atoms with E-state index in [4.69, 9.17) is 19.4 Å². The number of carbonyl (C=O) groups excluding carboxylic acids is 1. The lowest BCUT2D eigenvalue weighted by molar-refractivity contribution is -0.0487. The van der Waals surface area contributed by atoms with E-state index in [1.165, 1.54) is 0 Å². The van der Waals surface area contributed by atoms with E-state index in [1.807, 2.05) is 65.0 Å². The number of hydrogen-bond donors (Lipinski definition) is 1. The monoisotopic (exact) mass is 463 g/mol. The van der Waals surface area contributed by atoms with Crippen LogP contribution >= 0.6 is 0 Å². The number of methoxy groups -OCH3 is 1. The lowest BCUT2D eigenvalue weighted by Gasteiger charge is -2.39. The number of β-amino-alcohol motifs (C(OH)–C–C–N with tert-alkyl or cyclic N) is 1. The molecule has 0 aliphatic carbocycles. The van der Waals surface area contributed by atoms with Crippen molar-refractivity contribution in [1.29, 1.82) is 0 Å². The zero-order chi connectivity index (χ0) is 24.7. The Morgan fingerprint density at radius 2 is 1.85 bits per heavy atom. The molecule has 0 spiro atoms. The number of rotatable bonds is 3. The van der Waals surface area contributed by atoms with Crippen LogP contribution in [0.25, 0.3) is 22.3 Å². The third-order valence-corrected chi connectivity index (χ3v) is 6.07. The number of piperidine rings is 1. The number of pyridine rings is 2. The quantitative estimate of drug-likeness (QED) is 0.579. The Balaban J connectivity index is 1.69.